The van der Waals surface area contributed by atoms with Crippen LogP contribution in [0.2, 0.25) is 0 Å². The summed E-state index contributed by atoms with van der Waals surface area (Å²) < 4.78 is 12.4. The molecular weight excluding hydrogens is 1360 g/mol. The summed E-state index contributed by atoms with van der Waals surface area (Å²) in [5.41, 5.74) is 1.49. The lowest BCUT2D eigenvalue weighted by atomic mass is 9.76. The molecule has 1 aliphatic carbocycles. The quantitative estimate of drug-likeness (QED) is 0.0440. The van der Waals surface area contributed by atoms with E-state index >= 15 is 24.0 Å². The van der Waals surface area contributed by atoms with Gasteiger partial charge in [0, 0.05) is 62.7 Å². The highest BCUT2D eigenvalue weighted by atomic mass is 16.5. The number of carbonyl (C=O) groups excluding carboxylic acids is 9. The fraction of sp³-hybridized carbons (Fsp3) is 0.458. The van der Waals surface area contributed by atoms with Crippen LogP contribution >= 0.6 is 0 Å². The first kappa shape index (κ1) is 79.4. The normalized spacial score (nSPS) is 23.5. The van der Waals surface area contributed by atoms with Crippen molar-refractivity contribution in [2.24, 2.45) is 23.2 Å². The molecule has 7 amide bonds. The number of carbonyl (C=O) groups is 11. The van der Waals surface area contributed by atoms with Crippen LogP contribution in [0, 0.1) is 23.2 Å². The maximum absolute atomic E-state index is 15.3. The van der Waals surface area contributed by atoms with Gasteiger partial charge in [-0.3, -0.25) is 47.9 Å². The summed E-state index contributed by atoms with van der Waals surface area (Å²) in [6.07, 6.45) is 5.86. The smallest absolute Gasteiger partial charge is 0.326 e. The van der Waals surface area contributed by atoms with Gasteiger partial charge in [-0.2, -0.15) is 0 Å². The minimum Gasteiger partial charge on any atom is -0.490 e. The molecule has 0 spiro atoms. The Labute approximate surface area is 624 Å². The predicted molar refractivity (Wildman–Crippen MR) is 404 cm³/mol. The van der Waals surface area contributed by atoms with Gasteiger partial charge < -0.3 is 66.7 Å². The number of carboxylic acid groups (broad SMARTS) is 2. The Morgan fingerprint density at radius 2 is 1.14 bits per heavy atom. The molecule has 9 N–H and O–H groups in total. The van der Waals surface area contributed by atoms with Crippen molar-refractivity contribution in [2.75, 3.05) is 40.4 Å². The van der Waals surface area contributed by atoms with Crippen LogP contribution in [-0.4, -0.2) is 186 Å². The zero-order valence-corrected chi connectivity index (χ0v) is 62.0. The first-order chi connectivity index (χ1) is 51.2. The van der Waals surface area contributed by atoms with Crippen LogP contribution in [0.1, 0.15) is 125 Å². The van der Waals surface area contributed by atoms with Gasteiger partial charge in [-0.05, 0) is 146 Å². The highest BCUT2D eigenvalue weighted by Gasteiger charge is 2.48. The van der Waals surface area contributed by atoms with Gasteiger partial charge in [0.05, 0.1) is 36.8 Å². The number of amides is 7. The van der Waals surface area contributed by atoms with Crippen molar-refractivity contribution in [3.8, 4) is 5.75 Å². The molecule has 568 valence electrons. The van der Waals surface area contributed by atoms with E-state index in [1.807, 2.05) is 78.9 Å². The van der Waals surface area contributed by atoms with Gasteiger partial charge in [0.25, 0.3) is 5.91 Å². The number of nitrogens with zero attached hydrogens (tertiary/aromatic N) is 2. The number of hydrogen-bond acceptors (Lipinski definition) is 15. The summed E-state index contributed by atoms with van der Waals surface area (Å²) in [4.78, 5) is 162. The second kappa shape index (κ2) is 36.4. The van der Waals surface area contributed by atoms with Crippen LogP contribution < -0.4 is 42.0 Å². The van der Waals surface area contributed by atoms with E-state index < -0.39 is 137 Å². The lowest BCUT2D eigenvalue weighted by Crippen LogP contribution is -2.61. The Balaban J connectivity index is 0.975. The number of aliphatic carboxylic acids is 2. The Hall–Kier alpha value is -10.2. The van der Waals surface area contributed by atoms with Crippen molar-refractivity contribution < 1.29 is 72.4 Å². The molecule has 2 saturated heterocycles. The number of fused-ring (bicyclic) bond motifs is 2. The molecule has 24 nitrogen and oxygen atoms in total. The van der Waals surface area contributed by atoms with E-state index in [2.05, 4.69) is 37.2 Å². The van der Waals surface area contributed by atoms with E-state index in [0.717, 1.165) is 53.6 Å². The highest BCUT2D eigenvalue weighted by molar-refractivity contribution is 5.99. The molecular formula is C83H101N9O15. The zero-order chi connectivity index (χ0) is 76.6. The molecule has 13 rings (SSSR count). The van der Waals surface area contributed by atoms with Crippen molar-refractivity contribution in [1.82, 2.24) is 47.0 Å². The molecule has 1 saturated carbocycles. The minimum absolute atomic E-state index is 0.00408. The van der Waals surface area contributed by atoms with Crippen molar-refractivity contribution >= 4 is 86.4 Å². The molecule has 0 radical (unpaired) electrons. The van der Waals surface area contributed by atoms with E-state index in [0.29, 0.717) is 28.0 Å². The molecule has 0 aromatic heterocycles. The van der Waals surface area contributed by atoms with E-state index in [1.165, 1.54) is 21.9 Å². The van der Waals surface area contributed by atoms with E-state index in [4.69, 9.17) is 9.47 Å². The molecule has 0 unspecified atom stereocenters. The number of ketones is 2. The van der Waals surface area contributed by atoms with Crippen molar-refractivity contribution in [1.29, 1.82) is 0 Å². The molecule has 6 aliphatic heterocycles. The number of likely N-dealkylation sites (N-methyl/N-ethyl adjacent to an activating group) is 2. The maximum Gasteiger partial charge on any atom is 0.326 e. The molecule has 7 aliphatic rings. The Kier molecular flexibility index (Phi) is 27.0. The first-order valence-corrected chi connectivity index (χ1v) is 37.3. The highest BCUT2D eigenvalue weighted by Crippen LogP contribution is 2.36. The topological polar surface area (TPSA) is 337 Å². The van der Waals surface area contributed by atoms with E-state index in [1.54, 1.807) is 103 Å². The standard InChI is InChI=1S/C83H101N9O15/c1-49(84-6)71(93)46-65(57-19-9-8-10-20-57)79(100)92-48-64-45-70(92)78(99)87-66(41-53-25-29-55-17-11-13-21-59(55)38-53)72(94)43-61(81(102)103)37-51-23-31-58(32-24-51)75(96)86-62-44-69(91(47-62)80(101)73(83(3,4)5)90-74(95)50(2)85-7)77(98)88-67(42-54-26-30-56-18-12-14-22-60(56)39-54)76(97)89-68(82(104)105)40-52-27-33-63(34-28-52)106-35-15-16-36-107-64/h11-18,21-34,38-39,49-50,57,61-62,64-70,73,84-85H,8-10,19-20,35-37,40-48H2,1-7H3,(H,86,96)(H,87,99)(H,88,98)(H,89,97)(H,90,95)(H,102,103)(H,104,105)/b16-15+/t49-,50-,61+,62-,64-,65-,66-,67-,68-,69-,70-,73+/m0/s1. The zero-order valence-electron chi connectivity index (χ0n) is 62.0. The van der Waals surface area contributed by atoms with E-state index in [-0.39, 0.29) is 94.4 Å². The van der Waals surface area contributed by atoms with Gasteiger partial charge in [-0.25, -0.2) is 4.79 Å². The van der Waals surface area contributed by atoms with Crippen LogP contribution in [-0.2, 0) is 78.4 Å². The Bertz CT molecular complexity index is 4250. The summed E-state index contributed by atoms with van der Waals surface area (Å²) >= 11 is 0. The molecule has 6 heterocycles. The average molecular weight is 1460 g/mol. The van der Waals surface area contributed by atoms with E-state index in [9.17, 15) is 39.0 Å². The number of carboxylic acids is 2. The number of nitrogens with one attached hydrogen (secondary N) is 7. The van der Waals surface area contributed by atoms with Gasteiger partial charge in [0.1, 0.15) is 48.3 Å². The third kappa shape index (κ3) is 20.9. The van der Waals surface area contributed by atoms with Crippen LogP contribution in [0.5, 0.6) is 5.75 Å². The van der Waals surface area contributed by atoms with Gasteiger partial charge in [0.15, 0.2) is 5.78 Å². The Morgan fingerprint density at radius 1 is 0.579 bits per heavy atom. The minimum atomic E-state index is -1.50. The molecule has 3 fully saturated rings. The Morgan fingerprint density at radius 3 is 1.74 bits per heavy atom. The van der Waals surface area contributed by atoms with Crippen LogP contribution in [0.15, 0.2) is 146 Å². The molecule has 6 aromatic rings. The number of likely N-dealkylation sites (tertiary alicyclic amines) is 2. The number of Topliss-reactive ketones (excluding diaryl/α,β-unsaturated/α-hetero) is 2. The lowest BCUT2D eigenvalue weighted by molar-refractivity contribution is -0.146. The van der Waals surface area contributed by atoms with Crippen molar-refractivity contribution in [2.45, 2.75) is 179 Å². The van der Waals surface area contributed by atoms with Crippen LogP contribution in [0.3, 0.4) is 0 Å². The maximum atomic E-state index is 15.3. The average Bonchev–Trinajstić information content (AvgIpc) is 1.69. The third-order valence-electron chi connectivity index (χ3n) is 21.4. The number of ether oxygens (including phenoxy) is 2. The van der Waals surface area contributed by atoms with Gasteiger partial charge in [-0.1, -0.05) is 155 Å². The number of benzene rings is 6. The second-order valence-electron chi connectivity index (χ2n) is 30.1. The van der Waals surface area contributed by atoms with Crippen molar-refractivity contribution in [3.63, 3.8) is 0 Å². The number of rotatable bonds is 16. The van der Waals surface area contributed by atoms with Crippen molar-refractivity contribution in [3.05, 3.63) is 173 Å². The summed E-state index contributed by atoms with van der Waals surface area (Å²) in [7, 11) is 3.28. The van der Waals surface area contributed by atoms with Gasteiger partial charge >= 0.3 is 11.9 Å². The molecule has 8 bridgehead atoms. The lowest BCUT2D eigenvalue weighted by Gasteiger charge is -2.36. The molecule has 24 heteroatoms. The summed E-state index contributed by atoms with van der Waals surface area (Å²) in [6, 6.07) is 29.1. The summed E-state index contributed by atoms with van der Waals surface area (Å²) in [5, 5.41) is 45.4. The third-order valence-corrected chi connectivity index (χ3v) is 21.4. The van der Waals surface area contributed by atoms with Crippen LogP contribution in [0.25, 0.3) is 21.5 Å². The largest absolute Gasteiger partial charge is 0.490 e. The van der Waals surface area contributed by atoms with Gasteiger partial charge in [-0.15, -0.1) is 0 Å². The molecule has 6 aromatic carbocycles. The first-order valence-electron chi connectivity index (χ1n) is 37.3. The van der Waals surface area contributed by atoms with Crippen LogP contribution in [0.4, 0.5) is 0 Å². The predicted octanol–water partition coefficient (Wildman–Crippen LogP) is 7.00. The number of hydrogen-bond donors (Lipinski definition) is 9. The summed E-state index contributed by atoms with van der Waals surface area (Å²) in [5.74, 6) is -9.48. The fourth-order valence-corrected chi connectivity index (χ4v) is 14.9. The monoisotopic (exact) mass is 1460 g/mol. The molecule has 12 atom stereocenters. The summed E-state index contributed by atoms with van der Waals surface area (Å²) in [6.45, 7) is 8.55. The van der Waals surface area contributed by atoms with Gasteiger partial charge in [0.2, 0.25) is 35.4 Å². The SMILES string of the molecule is CN[C@@H](C)C(=O)C[C@H](C(=O)N1C[C@@H]2C[C@H]1C(=O)N[C@@H](Cc1ccc3ccccc3c1)C(=O)C[C@H](C(=O)O)Cc1ccc(cc1)C(=O)N[C@H]1C[C@@H](C(=O)N[C@@H](Cc3ccc4ccccc4c3)C(=O)N[C@H](C(=O)O)Cc3ccc(cc3)OC/C=C/CO2)N(C(=O)[C@@H](NC(=O)[C@H](C)NC)C(C)(C)C)C1)C1CCCCC1. The second-order valence-corrected chi connectivity index (χ2v) is 30.1. The molecule has 107 heavy (non-hydrogen) atoms. The fourth-order valence-electron chi connectivity index (χ4n) is 14.9.